The molecule has 0 saturated heterocycles. The third-order valence-electron chi connectivity index (χ3n) is 3.82. The average Bonchev–Trinajstić information content (AvgIpc) is 2.60. The second kappa shape index (κ2) is 12.1. The lowest BCUT2D eigenvalue weighted by molar-refractivity contribution is -0.130. The minimum atomic E-state index is -0.301. The number of benzene rings is 1. The van der Waals surface area contributed by atoms with E-state index in [9.17, 15) is 4.79 Å². The first-order valence-electron chi connectivity index (χ1n) is 8.23. The summed E-state index contributed by atoms with van der Waals surface area (Å²) in [5.74, 6) is 0.625. The van der Waals surface area contributed by atoms with Gasteiger partial charge in [0.25, 0.3) is 0 Å². The Labute approximate surface area is 168 Å². The number of ether oxygens (including phenoxy) is 1. The molecule has 1 rings (SSSR count). The van der Waals surface area contributed by atoms with Gasteiger partial charge in [0.1, 0.15) is 0 Å². The maximum absolute atomic E-state index is 12.4. The fourth-order valence-electron chi connectivity index (χ4n) is 2.04. The first-order valence-corrected chi connectivity index (χ1v) is 8.23. The maximum Gasteiger partial charge on any atom is 0.242 e. The zero-order valence-corrected chi connectivity index (χ0v) is 18.2. The van der Waals surface area contributed by atoms with Crippen LogP contribution in [-0.2, 0) is 16.1 Å². The van der Waals surface area contributed by atoms with Gasteiger partial charge in [-0.05, 0) is 26.3 Å². The molecule has 0 atom stereocenters. The van der Waals surface area contributed by atoms with Crippen molar-refractivity contribution in [3.63, 3.8) is 0 Å². The molecular formula is C18H31IN4O2. The lowest BCUT2D eigenvalue weighted by Crippen LogP contribution is -2.48. The molecule has 7 heteroatoms. The molecule has 0 heterocycles. The molecule has 0 aromatic heterocycles. The van der Waals surface area contributed by atoms with E-state index in [1.54, 1.807) is 14.2 Å². The molecule has 0 aliphatic carbocycles. The summed E-state index contributed by atoms with van der Waals surface area (Å²) in [7, 11) is 3.35. The van der Waals surface area contributed by atoms with Crippen LogP contribution >= 0.6 is 24.0 Å². The molecule has 0 aliphatic heterocycles. The van der Waals surface area contributed by atoms with Gasteiger partial charge in [-0.15, -0.1) is 24.0 Å². The predicted molar refractivity (Wildman–Crippen MR) is 113 cm³/mol. The van der Waals surface area contributed by atoms with Crippen LogP contribution in [0.15, 0.2) is 35.3 Å². The molecule has 0 aliphatic rings. The van der Waals surface area contributed by atoms with Crippen LogP contribution in [0.4, 0.5) is 0 Å². The van der Waals surface area contributed by atoms with Gasteiger partial charge in [-0.25, -0.2) is 0 Å². The third kappa shape index (κ3) is 9.06. The minimum absolute atomic E-state index is 0. The molecule has 2 N–H and O–H groups in total. The molecule has 25 heavy (non-hydrogen) atoms. The van der Waals surface area contributed by atoms with Crippen molar-refractivity contribution in [1.29, 1.82) is 0 Å². The van der Waals surface area contributed by atoms with Gasteiger partial charge in [-0.2, -0.15) is 0 Å². The van der Waals surface area contributed by atoms with Gasteiger partial charge in [0.05, 0.1) is 12.1 Å². The molecule has 0 saturated carbocycles. The zero-order valence-electron chi connectivity index (χ0n) is 15.8. The van der Waals surface area contributed by atoms with Crippen molar-refractivity contribution < 1.29 is 9.53 Å². The standard InChI is InChI=1S/C18H30N4O2.HI/c1-6-22(13-15-10-8-7-9-11-15)16(23)12-20-17(19-4)21-14-18(2,3)24-5;/h7-11H,6,12-14H2,1-5H3,(H2,19,20,21);1H. The highest BCUT2D eigenvalue weighted by atomic mass is 127. The second-order valence-electron chi connectivity index (χ2n) is 6.14. The van der Waals surface area contributed by atoms with E-state index in [-0.39, 0.29) is 42.0 Å². The highest BCUT2D eigenvalue weighted by Gasteiger charge is 2.17. The summed E-state index contributed by atoms with van der Waals surface area (Å²) in [6.07, 6.45) is 0. The number of carbonyl (C=O) groups is 1. The van der Waals surface area contributed by atoms with Crippen LogP contribution in [0.2, 0.25) is 0 Å². The largest absolute Gasteiger partial charge is 0.377 e. The number of nitrogens with zero attached hydrogens (tertiary/aromatic N) is 2. The van der Waals surface area contributed by atoms with Gasteiger partial charge in [-0.3, -0.25) is 9.79 Å². The zero-order chi connectivity index (χ0) is 18.0. The number of likely N-dealkylation sites (N-methyl/N-ethyl adjacent to an activating group) is 1. The van der Waals surface area contributed by atoms with Crippen LogP contribution in [0.5, 0.6) is 0 Å². The SMILES string of the molecule is CCN(Cc1ccccc1)C(=O)CNC(=NC)NCC(C)(C)OC.I. The molecular weight excluding hydrogens is 431 g/mol. The Morgan fingerprint density at radius 3 is 2.40 bits per heavy atom. The van der Waals surface area contributed by atoms with Crippen LogP contribution in [0.3, 0.4) is 0 Å². The monoisotopic (exact) mass is 462 g/mol. The number of halogens is 1. The minimum Gasteiger partial charge on any atom is -0.377 e. The number of nitrogens with one attached hydrogen (secondary N) is 2. The van der Waals surface area contributed by atoms with E-state index in [1.807, 2.05) is 56.0 Å². The molecule has 0 unspecified atom stereocenters. The van der Waals surface area contributed by atoms with E-state index in [0.29, 0.717) is 25.6 Å². The van der Waals surface area contributed by atoms with Gasteiger partial charge >= 0.3 is 0 Å². The van der Waals surface area contributed by atoms with E-state index >= 15 is 0 Å². The van der Waals surface area contributed by atoms with Gasteiger partial charge < -0.3 is 20.3 Å². The molecule has 0 bridgehead atoms. The van der Waals surface area contributed by atoms with Crippen LogP contribution in [0, 0.1) is 0 Å². The molecule has 0 spiro atoms. The van der Waals surface area contributed by atoms with Gasteiger partial charge in [0, 0.05) is 33.8 Å². The maximum atomic E-state index is 12.4. The van der Waals surface area contributed by atoms with Crippen molar-refractivity contribution in [3.8, 4) is 0 Å². The Bertz CT molecular complexity index is 535. The highest BCUT2D eigenvalue weighted by molar-refractivity contribution is 14.0. The highest BCUT2D eigenvalue weighted by Crippen LogP contribution is 2.05. The van der Waals surface area contributed by atoms with Crippen molar-refractivity contribution in [2.75, 3.05) is 33.8 Å². The first-order chi connectivity index (χ1) is 11.4. The smallest absolute Gasteiger partial charge is 0.242 e. The summed E-state index contributed by atoms with van der Waals surface area (Å²) in [5, 5.41) is 6.22. The van der Waals surface area contributed by atoms with Crippen LogP contribution in [0.1, 0.15) is 26.3 Å². The Hall–Kier alpha value is -1.35. The number of aliphatic imine (C=N–C) groups is 1. The first kappa shape index (κ1) is 23.6. The van der Waals surface area contributed by atoms with E-state index in [2.05, 4.69) is 15.6 Å². The molecule has 1 amide bonds. The molecule has 1 aromatic rings. The van der Waals surface area contributed by atoms with Crippen LogP contribution < -0.4 is 10.6 Å². The molecule has 6 nitrogen and oxygen atoms in total. The van der Waals surface area contributed by atoms with Crippen LogP contribution in [0.25, 0.3) is 0 Å². The van der Waals surface area contributed by atoms with Crippen molar-refractivity contribution in [2.24, 2.45) is 4.99 Å². The number of hydrogen-bond donors (Lipinski definition) is 2. The summed E-state index contributed by atoms with van der Waals surface area (Å²) < 4.78 is 5.36. The fraction of sp³-hybridized carbons (Fsp3) is 0.556. The summed E-state index contributed by atoms with van der Waals surface area (Å²) in [6.45, 7) is 8.02. The summed E-state index contributed by atoms with van der Waals surface area (Å²) in [6, 6.07) is 9.98. The van der Waals surface area contributed by atoms with Gasteiger partial charge in [-0.1, -0.05) is 30.3 Å². The number of rotatable bonds is 8. The Balaban J connectivity index is 0.00000576. The van der Waals surface area contributed by atoms with Crippen molar-refractivity contribution >= 4 is 35.8 Å². The topological polar surface area (TPSA) is 66.0 Å². The number of hydrogen-bond acceptors (Lipinski definition) is 3. The quantitative estimate of drug-likeness (QED) is 0.354. The van der Waals surface area contributed by atoms with Gasteiger partial charge in [0.2, 0.25) is 5.91 Å². The van der Waals surface area contributed by atoms with Crippen molar-refractivity contribution in [1.82, 2.24) is 15.5 Å². The lowest BCUT2D eigenvalue weighted by atomic mass is 10.1. The second-order valence-corrected chi connectivity index (χ2v) is 6.14. The summed E-state index contributed by atoms with van der Waals surface area (Å²) >= 11 is 0. The number of guanidine groups is 1. The van der Waals surface area contributed by atoms with E-state index in [1.165, 1.54) is 0 Å². The Kier molecular flexibility index (Phi) is 11.4. The molecule has 0 fully saturated rings. The fourth-order valence-corrected chi connectivity index (χ4v) is 2.04. The average molecular weight is 462 g/mol. The number of carbonyl (C=O) groups excluding carboxylic acids is 1. The predicted octanol–water partition coefficient (Wildman–Crippen LogP) is 2.24. The van der Waals surface area contributed by atoms with E-state index < -0.39 is 0 Å². The summed E-state index contributed by atoms with van der Waals surface area (Å²) in [4.78, 5) is 18.4. The van der Waals surface area contributed by atoms with E-state index in [0.717, 1.165) is 5.56 Å². The Morgan fingerprint density at radius 2 is 1.88 bits per heavy atom. The Morgan fingerprint density at radius 1 is 1.24 bits per heavy atom. The lowest BCUT2D eigenvalue weighted by Gasteiger charge is -2.25. The molecule has 1 aromatic carbocycles. The molecule has 142 valence electrons. The molecule has 0 radical (unpaired) electrons. The van der Waals surface area contributed by atoms with E-state index in [4.69, 9.17) is 4.74 Å². The van der Waals surface area contributed by atoms with Crippen molar-refractivity contribution in [2.45, 2.75) is 32.9 Å². The third-order valence-corrected chi connectivity index (χ3v) is 3.82. The number of amides is 1. The number of methoxy groups -OCH3 is 1. The summed E-state index contributed by atoms with van der Waals surface area (Å²) in [5.41, 5.74) is 0.821. The van der Waals surface area contributed by atoms with Gasteiger partial charge in [0.15, 0.2) is 5.96 Å². The van der Waals surface area contributed by atoms with Crippen molar-refractivity contribution in [3.05, 3.63) is 35.9 Å². The van der Waals surface area contributed by atoms with Crippen LogP contribution in [-0.4, -0.2) is 56.2 Å². The normalized spacial score (nSPS) is 11.5.